The van der Waals surface area contributed by atoms with Gasteiger partial charge in [0.2, 0.25) is 11.0 Å². The molecule has 6 nitrogen and oxygen atoms in total. The highest BCUT2D eigenvalue weighted by atomic mass is 32.2. The van der Waals surface area contributed by atoms with E-state index in [2.05, 4.69) is 27.8 Å². The van der Waals surface area contributed by atoms with Crippen molar-refractivity contribution in [2.45, 2.75) is 36.8 Å². The summed E-state index contributed by atoms with van der Waals surface area (Å²) < 4.78 is 6.17. The van der Waals surface area contributed by atoms with Gasteiger partial charge in [0, 0.05) is 12.2 Å². The second-order valence-corrected chi connectivity index (χ2v) is 7.57. The standard InChI is InChI=1S/C16H22N4O2S2/c1-4-10-17-15-19-20-16(24-15)23-11(3)14(21)18-12-6-8-13(9-7-12)22-5-2/h6-9,11H,4-5,10H2,1-3H3,(H,17,19)(H,18,21)/t11-/m0/s1. The molecule has 0 unspecified atom stereocenters. The van der Waals surface area contributed by atoms with Crippen molar-refractivity contribution in [1.82, 2.24) is 10.2 Å². The third-order valence-electron chi connectivity index (χ3n) is 3.01. The van der Waals surface area contributed by atoms with Crippen molar-refractivity contribution in [1.29, 1.82) is 0 Å². The Bertz CT molecular complexity index is 646. The summed E-state index contributed by atoms with van der Waals surface area (Å²) in [6.45, 7) is 7.38. The van der Waals surface area contributed by atoms with Crippen molar-refractivity contribution in [3.63, 3.8) is 0 Å². The number of thioether (sulfide) groups is 1. The predicted octanol–water partition coefficient (Wildman–Crippen LogP) is 3.88. The van der Waals surface area contributed by atoms with Crippen LogP contribution in [0.25, 0.3) is 0 Å². The van der Waals surface area contributed by atoms with Gasteiger partial charge in [-0.15, -0.1) is 10.2 Å². The molecular weight excluding hydrogens is 344 g/mol. The van der Waals surface area contributed by atoms with Crippen molar-refractivity contribution in [3.05, 3.63) is 24.3 Å². The number of rotatable bonds is 9. The van der Waals surface area contributed by atoms with Gasteiger partial charge in [-0.3, -0.25) is 4.79 Å². The molecule has 2 N–H and O–H groups in total. The van der Waals surface area contributed by atoms with Crippen molar-refractivity contribution in [2.75, 3.05) is 23.8 Å². The Balaban J connectivity index is 1.86. The number of anilines is 2. The van der Waals surface area contributed by atoms with Crippen molar-refractivity contribution >= 4 is 39.8 Å². The summed E-state index contributed by atoms with van der Waals surface area (Å²) in [5.41, 5.74) is 0.749. The second kappa shape index (κ2) is 9.48. The summed E-state index contributed by atoms with van der Waals surface area (Å²) in [6.07, 6.45) is 1.03. The van der Waals surface area contributed by atoms with E-state index in [1.54, 1.807) is 0 Å². The minimum Gasteiger partial charge on any atom is -0.494 e. The first-order valence-corrected chi connectivity index (χ1v) is 9.59. The van der Waals surface area contributed by atoms with E-state index in [1.165, 1.54) is 23.1 Å². The summed E-state index contributed by atoms with van der Waals surface area (Å²) in [6, 6.07) is 7.34. The van der Waals surface area contributed by atoms with E-state index in [4.69, 9.17) is 4.74 Å². The van der Waals surface area contributed by atoms with Crippen LogP contribution in [0.4, 0.5) is 10.8 Å². The molecule has 0 spiro atoms. The number of hydrogen-bond donors (Lipinski definition) is 2. The minimum atomic E-state index is -0.261. The van der Waals surface area contributed by atoms with Gasteiger partial charge in [-0.1, -0.05) is 30.0 Å². The molecule has 1 aromatic carbocycles. The third-order valence-corrected chi connectivity index (χ3v) is 5.08. The van der Waals surface area contributed by atoms with Gasteiger partial charge in [0.05, 0.1) is 11.9 Å². The second-order valence-electron chi connectivity index (χ2n) is 5.01. The van der Waals surface area contributed by atoms with Crippen LogP contribution in [0.5, 0.6) is 5.75 Å². The summed E-state index contributed by atoms with van der Waals surface area (Å²) in [4.78, 5) is 12.3. The van der Waals surface area contributed by atoms with Gasteiger partial charge in [0.25, 0.3) is 0 Å². The Morgan fingerprint density at radius 2 is 2.04 bits per heavy atom. The molecule has 1 aromatic heterocycles. The fourth-order valence-electron chi connectivity index (χ4n) is 1.81. The Morgan fingerprint density at radius 1 is 1.29 bits per heavy atom. The van der Waals surface area contributed by atoms with E-state index in [0.29, 0.717) is 6.61 Å². The fraction of sp³-hybridized carbons (Fsp3) is 0.438. The molecule has 130 valence electrons. The molecule has 0 aliphatic carbocycles. The molecule has 2 rings (SSSR count). The van der Waals surface area contributed by atoms with E-state index in [1.807, 2.05) is 38.1 Å². The van der Waals surface area contributed by atoms with Gasteiger partial charge in [-0.2, -0.15) is 0 Å². The normalized spacial score (nSPS) is 11.8. The Hall–Kier alpha value is -1.80. The van der Waals surface area contributed by atoms with Crippen molar-refractivity contribution < 1.29 is 9.53 Å². The number of benzene rings is 1. The summed E-state index contributed by atoms with van der Waals surface area (Å²) in [5, 5.41) is 14.8. The molecule has 1 atom stereocenters. The number of carbonyl (C=O) groups is 1. The third kappa shape index (κ3) is 5.68. The van der Waals surface area contributed by atoms with Gasteiger partial charge in [-0.25, -0.2) is 0 Å². The van der Waals surface area contributed by atoms with E-state index >= 15 is 0 Å². The number of hydrogen-bond acceptors (Lipinski definition) is 7. The first-order chi connectivity index (χ1) is 11.6. The monoisotopic (exact) mass is 366 g/mol. The van der Waals surface area contributed by atoms with E-state index in [9.17, 15) is 4.79 Å². The van der Waals surface area contributed by atoms with Gasteiger partial charge in [0.1, 0.15) is 5.75 Å². The molecule has 1 heterocycles. The van der Waals surface area contributed by atoms with Gasteiger partial charge in [-0.05, 0) is 44.5 Å². The molecule has 0 aliphatic heterocycles. The van der Waals surface area contributed by atoms with E-state index in [0.717, 1.165) is 33.9 Å². The molecule has 0 bridgehead atoms. The Morgan fingerprint density at radius 3 is 2.71 bits per heavy atom. The SMILES string of the molecule is CCCNc1nnc(S[C@@H](C)C(=O)Nc2ccc(OCC)cc2)s1. The maximum absolute atomic E-state index is 12.3. The lowest BCUT2D eigenvalue weighted by Crippen LogP contribution is -2.22. The number of aromatic nitrogens is 2. The average molecular weight is 367 g/mol. The number of ether oxygens (including phenoxy) is 1. The van der Waals surface area contributed by atoms with Gasteiger partial charge >= 0.3 is 0 Å². The molecule has 8 heteroatoms. The van der Waals surface area contributed by atoms with Crippen LogP contribution in [0.1, 0.15) is 27.2 Å². The van der Waals surface area contributed by atoms with Crippen LogP contribution in [0.15, 0.2) is 28.6 Å². The zero-order valence-electron chi connectivity index (χ0n) is 14.0. The van der Waals surface area contributed by atoms with Crippen LogP contribution in [0, 0.1) is 0 Å². The highest BCUT2D eigenvalue weighted by Gasteiger charge is 2.17. The van der Waals surface area contributed by atoms with E-state index in [-0.39, 0.29) is 11.2 Å². The highest BCUT2D eigenvalue weighted by molar-refractivity contribution is 8.02. The Labute approximate surface area is 150 Å². The first-order valence-electron chi connectivity index (χ1n) is 7.90. The lowest BCUT2D eigenvalue weighted by atomic mass is 10.3. The zero-order valence-corrected chi connectivity index (χ0v) is 15.7. The van der Waals surface area contributed by atoms with Crippen LogP contribution >= 0.6 is 23.1 Å². The molecule has 0 radical (unpaired) electrons. The summed E-state index contributed by atoms with van der Waals surface area (Å²) in [5.74, 6) is 0.723. The lowest BCUT2D eigenvalue weighted by Gasteiger charge is -2.11. The molecular formula is C16H22N4O2S2. The maximum Gasteiger partial charge on any atom is 0.237 e. The number of amides is 1. The highest BCUT2D eigenvalue weighted by Crippen LogP contribution is 2.29. The lowest BCUT2D eigenvalue weighted by molar-refractivity contribution is -0.115. The van der Waals surface area contributed by atoms with Crippen molar-refractivity contribution in [2.24, 2.45) is 0 Å². The fourth-order valence-corrected chi connectivity index (χ4v) is 3.73. The number of nitrogens with one attached hydrogen (secondary N) is 2. The molecule has 0 fully saturated rings. The van der Waals surface area contributed by atoms with Crippen LogP contribution < -0.4 is 15.4 Å². The van der Waals surface area contributed by atoms with E-state index < -0.39 is 0 Å². The Kier molecular flexibility index (Phi) is 7.33. The molecule has 24 heavy (non-hydrogen) atoms. The largest absolute Gasteiger partial charge is 0.494 e. The molecule has 0 saturated carbocycles. The smallest absolute Gasteiger partial charge is 0.237 e. The molecule has 0 saturated heterocycles. The summed E-state index contributed by atoms with van der Waals surface area (Å²) in [7, 11) is 0. The minimum absolute atomic E-state index is 0.0672. The van der Waals surface area contributed by atoms with Crippen molar-refractivity contribution in [3.8, 4) is 5.75 Å². The van der Waals surface area contributed by atoms with Gasteiger partial charge in [0.15, 0.2) is 4.34 Å². The predicted molar refractivity (Wildman–Crippen MR) is 100 cm³/mol. The quantitative estimate of drug-likeness (QED) is 0.656. The summed E-state index contributed by atoms with van der Waals surface area (Å²) >= 11 is 2.87. The van der Waals surface area contributed by atoms with Crippen LogP contribution in [0.3, 0.4) is 0 Å². The topological polar surface area (TPSA) is 76.1 Å². The van der Waals surface area contributed by atoms with Gasteiger partial charge < -0.3 is 15.4 Å². The molecule has 0 aliphatic rings. The average Bonchev–Trinajstić information content (AvgIpc) is 3.02. The molecule has 2 aromatic rings. The van der Waals surface area contributed by atoms with Crippen LogP contribution in [-0.4, -0.2) is 34.5 Å². The zero-order chi connectivity index (χ0) is 17.4. The van der Waals surface area contributed by atoms with Crippen LogP contribution in [0.2, 0.25) is 0 Å². The maximum atomic E-state index is 12.3. The number of nitrogens with zero attached hydrogens (tertiary/aromatic N) is 2. The molecule has 1 amide bonds. The first kappa shape index (κ1) is 18.5. The number of carbonyl (C=O) groups excluding carboxylic acids is 1. The van der Waals surface area contributed by atoms with Crippen LogP contribution in [-0.2, 0) is 4.79 Å².